The zero-order valence-corrected chi connectivity index (χ0v) is 9.49. The van der Waals surface area contributed by atoms with Crippen molar-refractivity contribution in [2.45, 2.75) is 19.8 Å². The van der Waals surface area contributed by atoms with Gasteiger partial charge in [-0.1, -0.05) is 25.1 Å². The molecule has 2 aromatic rings. The minimum absolute atomic E-state index is 0.315. The molecule has 1 aromatic heterocycles. The van der Waals surface area contributed by atoms with E-state index in [1.54, 1.807) is 0 Å². The summed E-state index contributed by atoms with van der Waals surface area (Å²) in [6.07, 6.45) is 0. The van der Waals surface area contributed by atoms with Crippen LogP contribution in [0.4, 0.5) is 0 Å². The predicted octanol–water partition coefficient (Wildman–Crippen LogP) is 1.94. The van der Waals surface area contributed by atoms with Crippen molar-refractivity contribution >= 4 is 10.9 Å². The fraction of sp³-hybridized carbons (Fsp3) is 0.417. The molecular formula is C12H17N3. The molecule has 2 N–H and O–H groups in total. The molecule has 0 saturated carbocycles. The Morgan fingerprint density at radius 1 is 1.47 bits per heavy atom. The Kier molecular flexibility index (Phi) is 2.49. The SMILES string of the molecule is Cc1cccc2c(C(C)CN)nn(C)c12. The molecule has 3 nitrogen and oxygen atoms in total. The second-order valence-electron chi connectivity index (χ2n) is 4.12. The average molecular weight is 203 g/mol. The standard InChI is InChI=1S/C12H17N3/c1-8-5-4-6-10-11(9(2)7-13)14-15(3)12(8)10/h4-6,9H,7,13H2,1-3H3. The van der Waals surface area contributed by atoms with Crippen LogP contribution in [0.25, 0.3) is 10.9 Å². The molecule has 2 rings (SSSR count). The van der Waals surface area contributed by atoms with Gasteiger partial charge in [0.2, 0.25) is 0 Å². The van der Waals surface area contributed by atoms with Crippen LogP contribution in [0.2, 0.25) is 0 Å². The summed E-state index contributed by atoms with van der Waals surface area (Å²) in [6.45, 7) is 4.87. The Balaban J connectivity index is 2.73. The first-order valence-corrected chi connectivity index (χ1v) is 5.27. The van der Waals surface area contributed by atoms with Gasteiger partial charge < -0.3 is 5.73 Å². The molecular weight excluding hydrogens is 186 g/mol. The van der Waals surface area contributed by atoms with Gasteiger partial charge >= 0.3 is 0 Å². The third kappa shape index (κ3) is 1.53. The van der Waals surface area contributed by atoms with Crippen LogP contribution >= 0.6 is 0 Å². The van der Waals surface area contributed by atoms with Gasteiger partial charge in [0.15, 0.2) is 0 Å². The van der Waals surface area contributed by atoms with Crippen molar-refractivity contribution in [3.8, 4) is 0 Å². The highest BCUT2D eigenvalue weighted by Gasteiger charge is 2.14. The van der Waals surface area contributed by atoms with E-state index in [4.69, 9.17) is 5.73 Å². The maximum absolute atomic E-state index is 5.69. The fourth-order valence-corrected chi connectivity index (χ4v) is 2.04. The summed E-state index contributed by atoms with van der Waals surface area (Å²) in [6, 6.07) is 6.31. The van der Waals surface area contributed by atoms with E-state index in [1.165, 1.54) is 16.5 Å². The van der Waals surface area contributed by atoms with Gasteiger partial charge in [0.25, 0.3) is 0 Å². The molecule has 0 saturated heterocycles. The third-order valence-electron chi connectivity index (χ3n) is 2.92. The summed E-state index contributed by atoms with van der Waals surface area (Å²) < 4.78 is 1.95. The topological polar surface area (TPSA) is 43.8 Å². The number of aryl methyl sites for hydroxylation is 2. The van der Waals surface area contributed by atoms with Crippen molar-refractivity contribution in [3.05, 3.63) is 29.5 Å². The lowest BCUT2D eigenvalue weighted by atomic mass is 10.0. The molecule has 0 aliphatic carbocycles. The first-order valence-electron chi connectivity index (χ1n) is 5.27. The maximum atomic E-state index is 5.69. The summed E-state index contributed by atoms with van der Waals surface area (Å²) >= 11 is 0. The second-order valence-corrected chi connectivity index (χ2v) is 4.12. The molecule has 0 aliphatic rings. The van der Waals surface area contributed by atoms with Gasteiger partial charge in [-0.05, 0) is 12.5 Å². The number of aromatic nitrogens is 2. The number of benzene rings is 1. The fourth-order valence-electron chi connectivity index (χ4n) is 2.04. The second kappa shape index (κ2) is 3.66. The smallest absolute Gasteiger partial charge is 0.0744 e. The van der Waals surface area contributed by atoms with Crippen LogP contribution in [-0.4, -0.2) is 16.3 Å². The number of rotatable bonds is 2. The van der Waals surface area contributed by atoms with E-state index >= 15 is 0 Å². The van der Waals surface area contributed by atoms with Crippen LogP contribution in [0.1, 0.15) is 24.1 Å². The normalized spacial score (nSPS) is 13.3. The van der Waals surface area contributed by atoms with E-state index in [0.29, 0.717) is 12.5 Å². The zero-order valence-electron chi connectivity index (χ0n) is 9.49. The first-order chi connectivity index (χ1) is 7.15. The van der Waals surface area contributed by atoms with E-state index in [2.05, 4.69) is 37.1 Å². The minimum atomic E-state index is 0.315. The number of para-hydroxylation sites is 1. The monoisotopic (exact) mass is 203 g/mol. The maximum Gasteiger partial charge on any atom is 0.0744 e. The van der Waals surface area contributed by atoms with Crippen molar-refractivity contribution in [1.82, 2.24) is 9.78 Å². The molecule has 0 amide bonds. The Morgan fingerprint density at radius 3 is 2.87 bits per heavy atom. The Bertz CT molecular complexity index is 485. The van der Waals surface area contributed by atoms with Crippen LogP contribution in [-0.2, 0) is 7.05 Å². The van der Waals surface area contributed by atoms with Gasteiger partial charge in [-0.2, -0.15) is 5.10 Å². The van der Waals surface area contributed by atoms with E-state index in [0.717, 1.165) is 5.69 Å². The summed E-state index contributed by atoms with van der Waals surface area (Å²) in [7, 11) is 1.99. The summed E-state index contributed by atoms with van der Waals surface area (Å²) in [5.41, 5.74) is 9.28. The number of nitrogens with zero attached hydrogens (tertiary/aromatic N) is 2. The van der Waals surface area contributed by atoms with Crippen LogP contribution in [0.3, 0.4) is 0 Å². The van der Waals surface area contributed by atoms with E-state index < -0.39 is 0 Å². The van der Waals surface area contributed by atoms with Crippen molar-refractivity contribution in [1.29, 1.82) is 0 Å². The lowest BCUT2D eigenvalue weighted by Gasteiger charge is -2.04. The van der Waals surface area contributed by atoms with Crippen molar-refractivity contribution in [2.24, 2.45) is 12.8 Å². The number of fused-ring (bicyclic) bond motifs is 1. The number of nitrogens with two attached hydrogens (primary N) is 1. The Labute approximate surface area is 89.9 Å². The van der Waals surface area contributed by atoms with Gasteiger partial charge in [0.05, 0.1) is 11.2 Å². The van der Waals surface area contributed by atoms with Gasteiger partial charge in [0.1, 0.15) is 0 Å². The van der Waals surface area contributed by atoms with Crippen molar-refractivity contribution < 1.29 is 0 Å². The third-order valence-corrected chi connectivity index (χ3v) is 2.92. The van der Waals surface area contributed by atoms with Crippen LogP contribution in [0.15, 0.2) is 18.2 Å². The molecule has 1 heterocycles. The van der Waals surface area contributed by atoms with Crippen LogP contribution < -0.4 is 5.73 Å². The molecule has 15 heavy (non-hydrogen) atoms. The molecule has 3 heteroatoms. The largest absolute Gasteiger partial charge is 0.330 e. The quantitative estimate of drug-likeness (QED) is 0.810. The molecule has 1 unspecified atom stereocenters. The molecule has 0 fully saturated rings. The Hall–Kier alpha value is -1.35. The summed E-state index contributed by atoms with van der Waals surface area (Å²) in [5, 5.41) is 5.79. The Morgan fingerprint density at radius 2 is 2.20 bits per heavy atom. The molecule has 1 aromatic carbocycles. The van der Waals surface area contributed by atoms with Crippen LogP contribution in [0.5, 0.6) is 0 Å². The number of hydrogen-bond donors (Lipinski definition) is 1. The molecule has 0 spiro atoms. The highest BCUT2D eigenvalue weighted by atomic mass is 15.3. The van der Waals surface area contributed by atoms with E-state index in [1.807, 2.05) is 11.7 Å². The van der Waals surface area contributed by atoms with Gasteiger partial charge in [0, 0.05) is 24.9 Å². The van der Waals surface area contributed by atoms with E-state index in [-0.39, 0.29) is 0 Å². The van der Waals surface area contributed by atoms with Gasteiger partial charge in [-0.3, -0.25) is 4.68 Å². The molecule has 1 atom stereocenters. The van der Waals surface area contributed by atoms with Gasteiger partial charge in [-0.25, -0.2) is 0 Å². The van der Waals surface area contributed by atoms with Gasteiger partial charge in [-0.15, -0.1) is 0 Å². The van der Waals surface area contributed by atoms with E-state index in [9.17, 15) is 0 Å². The molecule has 0 radical (unpaired) electrons. The number of hydrogen-bond acceptors (Lipinski definition) is 2. The molecule has 0 aliphatic heterocycles. The lowest BCUT2D eigenvalue weighted by molar-refractivity contribution is 0.697. The van der Waals surface area contributed by atoms with Crippen molar-refractivity contribution in [2.75, 3.05) is 6.54 Å². The average Bonchev–Trinajstić information content (AvgIpc) is 2.56. The lowest BCUT2D eigenvalue weighted by Crippen LogP contribution is -2.09. The zero-order chi connectivity index (χ0) is 11.0. The highest BCUT2D eigenvalue weighted by Crippen LogP contribution is 2.25. The highest BCUT2D eigenvalue weighted by molar-refractivity contribution is 5.85. The molecule has 0 bridgehead atoms. The minimum Gasteiger partial charge on any atom is -0.330 e. The first kappa shape index (κ1) is 10.2. The summed E-state index contributed by atoms with van der Waals surface area (Å²) in [5.74, 6) is 0.315. The van der Waals surface area contributed by atoms with Crippen molar-refractivity contribution in [3.63, 3.8) is 0 Å². The van der Waals surface area contributed by atoms with Crippen LogP contribution in [0, 0.1) is 6.92 Å². The predicted molar refractivity (Wildman–Crippen MR) is 62.9 cm³/mol. The molecule has 80 valence electrons. The summed E-state index contributed by atoms with van der Waals surface area (Å²) in [4.78, 5) is 0.